The number of carboxylic acids is 1. The highest BCUT2D eigenvalue weighted by atomic mass is 16.4. The maximum absolute atomic E-state index is 12.2. The zero-order valence-corrected chi connectivity index (χ0v) is 12.2. The van der Waals surface area contributed by atoms with Crippen LogP contribution >= 0.6 is 0 Å². The molecule has 0 aliphatic carbocycles. The standard InChI is InChI=1S/C14H22N4O3/c1-2-10-4-6-18(12(7-10)13(19)20)14(21)16-5-3-11-8-15-9-17-11/h8-10,12H,2-7H2,1H3,(H,15,17)(H,16,21)(H,19,20). The van der Waals surface area contributed by atoms with Crippen LogP contribution in [0, 0.1) is 5.92 Å². The van der Waals surface area contributed by atoms with Gasteiger partial charge in [0.25, 0.3) is 0 Å². The van der Waals surface area contributed by atoms with Crippen molar-refractivity contribution in [3.63, 3.8) is 0 Å². The third kappa shape index (κ3) is 3.96. The van der Waals surface area contributed by atoms with Gasteiger partial charge in [-0.2, -0.15) is 0 Å². The predicted octanol–water partition coefficient (Wildman–Crippen LogP) is 1.24. The molecule has 0 radical (unpaired) electrons. The van der Waals surface area contributed by atoms with Crippen LogP contribution in [-0.4, -0.2) is 51.1 Å². The van der Waals surface area contributed by atoms with E-state index in [0.717, 1.165) is 18.5 Å². The Labute approximate surface area is 123 Å². The number of carbonyl (C=O) groups excluding carboxylic acids is 1. The van der Waals surface area contributed by atoms with Gasteiger partial charge in [-0.05, 0) is 18.8 Å². The third-order valence-electron chi connectivity index (χ3n) is 4.06. The van der Waals surface area contributed by atoms with Crippen molar-refractivity contribution >= 4 is 12.0 Å². The van der Waals surface area contributed by atoms with Crippen molar-refractivity contribution in [2.45, 2.75) is 38.6 Å². The number of urea groups is 1. The second-order valence-electron chi connectivity index (χ2n) is 5.40. The minimum atomic E-state index is -0.920. The van der Waals surface area contributed by atoms with Gasteiger partial charge < -0.3 is 20.3 Å². The number of aromatic nitrogens is 2. The number of nitrogens with one attached hydrogen (secondary N) is 2. The van der Waals surface area contributed by atoms with Crippen molar-refractivity contribution in [1.29, 1.82) is 0 Å². The maximum Gasteiger partial charge on any atom is 0.326 e. The van der Waals surface area contributed by atoms with Crippen LogP contribution in [0.4, 0.5) is 4.79 Å². The molecule has 3 N–H and O–H groups in total. The lowest BCUT2D eigenvalue weighted by molar-refractivity contribution is -0.144. The molecule has 2 unspecified atom stereocenters. The van der Waals surface area contributed by atoms with E-state index < -0.39 is 12.0 Å². The monoisotopic (exact) mass is 294 g/mol. The van der Waals surface area contributed by atoms with E-state index in [4.69, 9.17) is 0 Å². The Morgan fingerprint density at radius 1 is 1.57 bits per heavy atom. The summed E-state index contributed by atoms with van der Waals surface area (Å²) >= 11 is 0. The minimum Gasteiger partial charge on any atom is -0.480 e. The number of piperidine rings is 1. The first kappa shape index (κ1) is 15.3. The normalized spacial score (nSPS) is 22.0. The van der Waals surface area contributed by atoms with Gasteiger partial charge in [-0.1, -0.05) is 13.3 Å². The Bertz CT molecular complexity index is 475. The molecule has 7 nitrogen and oxygen atoms in total. The van der Waals surface area contributed by atoms with Gasteiger partial charge in [-0.15, -0.1) is 0 Å². The van der Waals surface area contributed by atoms with Crippen molar-refractivity contribution in [3.8, 4) is 0 Å². The van der Waals surface area contributed by atoms with Gasteiger partial charge in [0, 0.05) is 31.4 Å². The Balaban J connectivity index is 1.86. The number of H-pyrrole nitrogens is 1. The first-order valence-corrected chi connectivity index (χ1v) is 7.36. The number of amides is 2. The SMILES string of the molecule is CCC1CCN(C(=O)NCCc2cnc[nH]2)C(C(=O)O)C1. The Hall–Kier alpha value is -2.05. The van der Waals surface area contributed by atoms with E-state index in [0.29, 0.717) is 31.8 Å². The molecule has 0 aromatic carbocycles. The van der Waals surface area contributed by atoms with E-state index in [1.165, 1.54) is 4.90 Å². The van der Waals surface area contributed by atoms with Gasteiger partial charge >= 0.3 is 12.0 Å². The first-order chi connectivity index (χ1) is 10.1. The number of hydrogen-bond acceptors (Lipinski definition) is 3. The van der Waals surface area contributed by atoms with Crippen LogP contribution in [-0.2, 0) is 11.2 Å². The van der Waals surface area contributed by atoms with Crippen molar-refractivity contribution in [2.24, 2.45) is 5.92 Å². The van der Waals surface area contributed by atoms with Crippen LogP contribution in [0.25, 0.3) is 0 Å². The average molecular weight is 294 g/mol. The number of imidazole rings is 1. The molecule has 1 aromatic rings. The number of hydrogen-bond donors (Lipinski definition) is 3. The first-order valence-electron chi connectivity index (χ1n) is 7.36. The molecule has 21 heavy (non-hydrogen) atoms. The van der Waals surface area contributed by atoms with Crippen LogP contribution in [0.15, 0.2) is 12.5 Å². The number of likely N-dealkylation sites (tertiary alicyclic amines) is 1. The number of nitrogens with zero attached hydrogens (tertiary/aromatic N) is 2. The molecule has 7 heteroatoms. The highest BCUT2D eigenvalue weighted by Gasteiger charge is 2.35. The van der Waals surface area contributed by atoms with Crippen LogP contribution in [0.1, 0.15) is 31.9 Å². The summed E-state index contributed by atoms with van der Waals surface area (Å²) in [5.74, 6) is -0.531. The fraction of sp³-hybridized carbons (Fsp3) is 0.643. The molecule has 0 spiro atoms. The lowest BCUT2D eigenvalue weighted by Crippen LogP contribution is -2.53. The van der Waals surface area contributed by atoms with Crippen LogP contribution < -0.4 is 5.32 Å². The van der Waals surface area contributed by atoms with Crippen molar-refractivity contribution in [2.75, 3.05) is 13.1 Å². The topological polar surface area (TPSA) is 98.3 Å². The lowest BCUT2D eigenvalue weighted by Gasteiger charge is -2.36. The van der Waals surface area contributed by atoms with E-state index in [1.807, 2.05) is 0 Å². The fourth-order valence-corrected chi connectivity index (χ4v) is 2.71. The summed E-state index contributed by atoms with van der Waals surface area (Å²) in [6, 6.07) is -1.01. The average Bonchev–Trinajstić information content (AvgIpc) is 2.99. The number of rotatable bonds is 5. The molecule has 1 fully saturated rings. The highest BCUT2D eigenvalue weighted by molar-refractivity contribution is 5.82. The van der Waals surface area contributed by atoms with Gasteiger partial charge in [0.05, 0.1) is 6.33 Å². The number of aliphatic carboxylic acids is 1. The predicted molar refractivity (Wildman–Crippen MR) is 76.8 cm³/mol. The summed E-state index contributed by atoms with van der Waals surface area (Å²) < 4.78 is 0. The molecule has 2 amide bonds. The Kier molecular flexibility index (Phi) is 5.19. The summed E-state index contributed by atoms with van der Waals surface area (Å²) in [7, 11) is 0. The zero-order chi connectivity index (χ0) is 15.2. The van der Waals surface area contributed by atoms with Crippen molar-refractivity contribution < 1.29 is 14.7 Å². The fourth-order valence-electron chi connectivity index (χ4n) is 2.71. The van der Waals surface area contributed by atoms with Gasteiger partial charge in [0.15, 0.2) is 0 Å². The van der Waals surface area contributed by atoms with Crippen molar-refractivity contribution in [1.82, 2.24) is 20.2 Å². The molecule has 2 atom stereocenters. The molecular weight excluding hydrogens is 272 g/mol. The van der Waals surface area contributed by atoms with Gasteiger partial charge in [-0.25, -0.2) is 14.6 Å². The molecule has 0 saturated carbocycles. The summed E-state index contributed by atoms with van der Waals surface area (Å²) in [5.41, 5.74) is 0.940. The van der Waals surface area contributed by atoms with E-state index in [9.17, 15) is 14.7 Å². The molecule has 2 rings (SSSR count). The van der Waals surface area contributed by atoms with Crippen LogP contribution in [0.2, 0.25) is 0 Å². The maximum atomic E-state index is 12.2. The summed E-state index contributed by atoms with van der Waals surface area (Å²) in [4.78, 5) is 31.8. The molecule has 1 aliphatic rings. The second kappa shape index (κ2) is 7.10. The van der Waals surface area contributed by atoms with Crippen LogP contribution in [0.5, 0.6) is 0 Å². The largest absolute Gasteiger partial charge is 0.480 e. The molecule has 1 saturated heterocycles. The Morgan fingerprint density at radius 3 is 3.00 bits per heavy atom. The lowest BCUT2D eigenvalue weighted by atomic mass is 9.89. The van der Waals surface area contributed by atoms with Gasteiger partial charge in [-0.3, -0.25) is 0 Å². The van der Waals surface area contributed by atoms with Crippen molar-refractivity contribution in [3.05, 3.63) is 18.2 Å². The van der Waals surface area contributed by atoms with E-state index in [2.05, 4.69) is 22.2 Å². The molecule has 0 bridgehead atoms. The van der Waals surface area contributed by atoms with E-state index in [1.54, 1.807) is 12.5 Å². The van der Waals surface area contributed by atoms with E-state index in [-0.39, 0.29) is 6.03 Å². The number of aromatic amines is 1. The zero-order valence-electron chi connectivity index (χ0n) is 12.2. The molecule has 1 aromatic heterocycles. The highest BCUT2D eigenvalue weighted by Crippen LogP contribution is 2.25. The van der Waals surface area contributed by atoms with Crippen LogP contribution in [0.3, 0.4) is 0 Å². The number of carbonyl (C=O) groups is 2. The van der Waals surface area contributed by atoms with E-state index >= 15 is 0 Å². The summed E-state index contributed by atoms with van der Waals surface area (Å²) in [5, 5.41) is 12.1. The second-order valence-corrected chi connectivity index (χ2v) is 5.40. The molecule has 116 valence electrons. The molecule has 2 heterocycles. The smallest absolute Gasteiger partial charge is 0.326 e. The Morgan fingerprint density at radius 2 is 2.38 bits per heavy atom. The van der Waals surface area contributed by atoms with Gasteiger partial charge in [0.2, 0.25) is 0 Å². The molecular formula is C14H22N4O3. The molecule has 1 aliphatic heterocycles. The number of carboxylic acid groups (broad SMARTS) is 1. The summed E-state index contributed by atoms with van der Waals surface area (Å²) in [6.07, 6.45) is 6.31. The minimum absolute atomic E-state index is 0.295. The third-order valence-corrected chi connectivity index (χ3v) is 4.06. The summed E-state index contributed by atoms with van der Waals surface area (Å²) in [6.45, 7) is 3.02. The van der Waals surface area contributed by atoms with Gasteiger partial charge in [0.1, 0.15) is 6.04 Å². The quantitative estimate of drug-likeness (QED) is 0.761.